The van der Waals surface area contributed by atoms with Crippen molar-refractivity contribution >= 4 is 0 Å². The van der Waals surface area contributed by atoms with E-state index in [0.717, 1.165) is 25.9 Å². The van der Waals surface area contributed by atoms with Gasteiger partial charge in [-0.3, -0.25) is 0 Å². The number of benzene rings is 1. The highest BCUT2D eigenvalue weighted by atomic mass is 15.1. The van der Waals surface area contributed by atoms with Crippen LogP contribution in [0.2, 0.25) is 0 Å². The minimum Gasteiger partial charge on any atom is -0.350 e. The van der Waals surface area contributed by atoms with Gasteiger partial charge >= 0.3 is 0 Å². The maximum absolute atomic E-state index is 5.56. The van der Waals surface area contributed by atoms with E-state index in [1.807, 2.05) is 0 Å². The summed E-state index contributed by atoms with van der Waals surface area (Å²) in [5.41, 5.74) is 8.51. The zero-order valence-corrected chi connectivity index (χ0v) is 13.0. The predicted molar refractivity (Wildman–Crippen MR) is 90.6 cm³/mol. The maximum Gasteiger partial charge on any atom is 0.0470 e. The minimum atomic E-state index is 0.768. The number of nitrogens with zero attached hydrogens (tertiary/aromatic N) is 1. The first-order valence-electron chi connectivity index (χ1n) is 8.24. The van der Waals surface area contributed by atoms with Crippen LogP contribution < -0.4 is 5.73 Å². The summed E-state index contributed by atoms with van der Waals surface area (Å²) in [4.78, 5) is 2.34. The van der Waals surface area contributed by atoms with Crippen LogP contribution in [0, 0.1) is 0 Å². The normalized spacial score (nSPS) is 15.4. The van der Waals surface area contributed by atoms with Gasteiger partial charge in [0.25, 0.3) is 0 Å². The molecule has 1 aliphatic carbocycles. The Hall–Kier alpha value is -1.54. The molecule has 0 bridgehead atoms. The summed E-state index contributed by atoms with van der Waals surface area (Å²) in [5, 5.41) is 0. The van der Waals surface area contributed by atoms with Crippen LogP contribution >= 0.6 is 0 Å². The summed E-state index contributed by atoms with van der Waals surface area (Å²) in [6.45, 7) is 1.72. The second-order valence-corrected chi connectivity index (χ2v) is 5.82. The molecule has 2 rings (SSSR count). The fourth-order valence-corrected chi connectivity index (χ4v) is 2.75. The highest BCUT2D eigenvalue weighted by molar-refractivity contribution is 5.16. The molecule has 0 unspecified atom stereocenters. The van der Waals surface area contributed by atoms with Gasteiger partial charge in [0.1, 0.15) is 0 Å². The van der Waals surface area contributed by atoms with Gasteiger partial charge in [-0.15, -0.1) is 0 Å². The average molecular weight is 284 g/mol. The first-order chi connectivity index (χ1) is 10.4. The summed E-state index contributed by atoms with van der Waals surface area (Å²) >= 11 is 0. The molecule has 2 heteroatoms. The maximum atomic E-state index is 5.56. The van der Waals surface area contributed by atoms with Gasteiger partial charge < -0.3 is 10.6 Å². The van der Waals surface area contributed by atoms with Crippen LogP contribution in [0.5, 0.6) is 0 Å². The van der Waals surface area contributed by atoms with E-state index < -0.39 is 0 Å². The van der Waals surface area contributed by atoms with Crippen molar-refractivity contribution in [3.05, 3.63) is 59.9 Å². The number of allylic oxidation sites excluding steroid dienone is 2. The fraction of sp³-hybridized carbons (Fsp3) is 0.474. The van der Waals surface area contributed by atoms with Gasteiger partial charge in [-0.05, 0) is 56.8 Å². The molecule has 0 heterocycles. The lowest BCUT2D eigenvalue weighted by atomic mass is 9.95. The molecule has 1 aromatic carbocycles. The van der Waals surface area contributed by atoms with Crippen molar-refractivity contribution in [3.8, 4) is 0 Å². The van der Waals surface area contributed by atoms with E-state index in [0.29, 0.717) is 0 Å². The van der Waals surface area contributed by atoms with Crippen LogP contribution in [0.4, 0.5) is 0 Å². The van der Waals surface area contributed by atoms with Gasteiger partial charge in [0.05, 0.1) is 0 Å². The van der Waals surface area contributed by atoms with Gasteiger partial charge in [-0.25, -0.2) is 0 Å². The summed E-state index contributed by atoms with van der Waals surface area (Å²) in [6.07, 6.45) is 15.6. The first-order valence-corrected chi connectivity index (χ1v) is 8.24. The third kappa shape index (κ3) is 6.17. The largest absolute Gasteiger partial charge is 0.350 e. The lowest BCUT2D eigenvalue weighted by Crippen LogP contribution is -2.11. The molecule has 0 amide bonds. The van der Waals surface area contributed by atoms with E-state index in [9.17, 15) is 0 Å². The molecule has 0 atom stereocenters. The van der Waals surface area contributed by atoms with E-state index in [-0.39, 0.29) is 0 Å². The van der Waals surface area contributed by atoms with Crippen molar-refractivity contribution in [2.45, 2.75) is 51.5 Å². The summed E-state index contributed by atoms with van der Waals surface area (Å²) in [5.74, 6) is 0. The Labute approximate surface area is 129 Å². The van der Waals surface area contributed by atoms with Crippen molar-refractivity contribution in [1.82, 2.24) is 4.90 Å². The minimum absolute atomic E-state index is 0.768. The lowest BCUT2D eigenvalue weighted by molar-refractivity contribution is 0.480. The van der Waals surface area contributed by atoms with Crippen LogP contribution in [0.15, 0.2) is 54.4 Å². The number of hydrogen-bond donors (Lipinski definition) is 1. The zero-order valence-electron chi connectivity index (χ0n) is 13.0. The Morgan fingerprint density at radius 3 is 2.52 bits per heavy atom. The second-order valence-electron chi connectivity index (χ2n) is 5.82. The van der Waals surface area contributed by atoms with E-state index >= 15 is 0 Å². The molecule has 1 saturated carbocycles. The van der Waals surface area contributed by atoms with Crippen LogP contribution in [-0.2, 0) is 6.54 Å². The molecule has 0 radical (unpaired) electrons. The third-order valence-corrected chi connectivity index (χ3v) is 3.92. The van der Waals surface area contributed by atoms with Gasteiger partial charge in [-0.2, -0.15) is 0 Å². The Kier molecular flexibility index (Phi) is 7.10. The Morgan fingerprint density at radius 2 is 1.81 bits per heavy atom. The van der Waals surface area contributed by atoms with Crippen LogP contribution in [0.1, 0.15) is 50.5 Å². The number of rotatable bonds is 7. The molecular formula is C19H28N2. The molecule has 0 saturated heterocycles. The predicted octanol–water partition coefficient (Wildman–Crippen LogP) is 4.59. The highest BCUT2D eigenvalue weighted by Crippen LogP contribution is 2.23. The molecule has 2 N–H and O–H groups in total. The Balaban J connectivity index is 2.00. The molecule has 2 nitrogen and oxygen atoms in total. The molecule has 0 spiro atoms. The van der Waals surface area contributed by atoms with Crippen LogP contribution in [0.25, 0.3) is 0 Å². The Bertz CT molecular complexity index is 440. The zero-order chi connectivity index (χ0) is 14.8. The van der Waals surface area contributed by atoms with Gasteiger partial charge in [-0.1, -0.05) is 48.4 Å². The molecular weight excluding hydrogens is 256 g/mol. The SMILES string of the molecule is NCCCC=CN(C=C1CCCCC1)Cc1ccccc1. The van der Waals surface area contributed by atoms with E-state index in [2.05, 4.69) is 53.7 Å². The van der Waals surface area contributed by atoms with Crippen molar-refractivity contribution in [2.24, 2.45) is 5.73 Å². The van der Waals surface area contributed by atoms with Crippen molar-refractivity contribution < 1.29 is 0 Å². The molecule has 1 aromatic rings. The van der Waals surface area contributed by atoms with Crippen LogP contribution in [-0.4, -0.2) is 11.4 Å². The third-order valence-electron chi connectivity index (χ3n) is 3.92. The first kappa shape index (κ1) is 15.8. The van der Waals surface area contributed by atoms with E-state index in [4.69, 9.17) is 5.73 Å². The van der Waals surface area contributed by atoms with Crippen molar-refractivity contribution in [1.29, 1.82) is 0 Å². The van der Waals surface area contributed by atoms with Gasteiger partial charge in [0, 0.05) is 12.7 Å². The second kappa shape index (κ2) is 9.41. The molecule has 114 valence electrons. The fourth-order valence-electron chi connectivity index (χ4n) is 2.75. The standard InChI is InChI=1S/C19H28N2/c20-14-8-3-9-15-21(16-18-10-4-1-5-11-18)17-19-12-6-2-7-13-19/h1,4-5,9-11,15,17H,2-3,6-8,12-14,16,20H2. The summed E-state index contributed by atoms with van der Waals surface area (Å²) < 4.78 is 0. The number of nitrogens with two attached hydrogens (primary N) is 1. The van der Waals surface area contributed by atoms with E-state index in [1.165, 1.54) is 37.7 Å². The monoisotopic (exact) mass is 284 g/mol. The number of unbranched alkanes of at least 4 members (excludes halogenated alkanes) is 1. The van der Waals surface area contributed by atoms with Gasteiger partial charge in [0.2, 0.25) is 0 Å². The Morgan fingerprint density at radius 1 is 1.05 bits per heavy atom. The molecule has 0 aliphatic heterocycles. The van der Waals surface area contributed by atoms with E-state index in [1.54, 1.807) is 5.57 Å². The van der Waals surface area contributed by atoms with Crippen LogP contribution in [0.3, 0.4) is 0 Å². The van der Waals surface area contributed by atoms with Gasteiger partial charge in [0.15, 0.2) is 0 Å². The smallest absolute Gasteiger partial charge is 0.0470 e. The molecule has 0 aromatic heterocycles. The highest BCUT2D eigenvalue weighted by Gasteiger charge is 2.07. The molecule has 1 fully saturated rings. The molecule has 21 heavy (non-hydrogen) atoms. The lowest BCUT2D eigenvalue weighted by Gasteiger charge is -2.21. The number of hydrogen-bond acceptors (Lipinski definition) is 2. The van der Waals surface area contributed by atoms with Crippen molar-refractivity contribution in [3.63, 3.8) is 0 Å². The van der Waals surface area contributed by atoms with Crippen molar-refractivity contribution in [2.75, 3.05) is 6.54 Å². The summed E-state index contributed by atoms with van der Waals surface area (Å²) in [7, 11) is 0. The average Bonchev–Trinajstić information content (AvgIpc) is 2.53. The quantitative estimate of drug-likeness (QED) is 0.742. The molecule has 1 aliphatic rings. The summed E-state index contributed by atoms with van der Waals surface area (Å²) in [6, 6.07) is 10.7. The topological polar surface area (TPSA) is 29.3 Å².